The van der Waals surface area contributed by atoms with Crippen molar-refractivity contribution >= 4 is 5.91 Å². The number of aliphatic hydroxyl groups is 1. The van der Waals surface area contributed by atoms with Gasteiger partial charge in [-0.25, -0.2) is 15.2 Å². The third-order valence-electron chi connectivity index (χ3n) is 4.93. The van der Waals surface area contributed by atoms with Crippen LogP contribution in [0.5, 0.6) is 5.75 Å². The van der Waals surface area contributed by atoms with Gasteiger partial charge in [0.2, 0.25) is 5.91 Å². The van der Waals surface area contributed by atoms with Crippen LogP contribution in [0.1, 0.15) is 30.0 Å². The minimum Gasteiger partial charge on any atom is -0.496 e. The summed E-state index contributed by atoms with van der Waals surface area (Å²) < 4.78 is 18.5. The zero-order valence-corrected chi connectivity index (χ0v) is 15.9. The zero-order valence-electron chi connectivity index (χ0n) is 15.9. The maximum absolute atomic E-state index is 13.1. The van der Waals surface area contributed by atoms with Gasteiger partial charge in [0.1, 0.15) is 17.6 Å². The van der Waals surface area contributed by atoms with Gasteiger partial charge in [-0.3, -0.25) is 4.79 Å². The Kier molecular flexibility index (Phi) is 6.97. The predicted molar refractivity (Wildman–Crippen MR) is 104 cm³/mol. The van der Waals surface area contributed by atoms with E-state index in [1.54, 1.807) is 24.1 Å². The van der Waals surface area contributed by atoms with Crippen molar-refractivity contribution in [2.75, 3.05) is 20.3 Å². The summed E-state index contributed by atoms with van der Waals surface area (Å²) in [5, 5.41) is 9.22. The van der Waals surface area contributed by atoms with Gasteiger partial charge in [-0.15, -0.1) is 0 Å². The number of aliphatic hydroxyl groups excluding tert-OH is 1. The zero-order chi connectivity index (χ0) is 19.9. The van der Waals surface area contributed by atoms with Gasteiger partial charge in [0.15, 0.2) is 0 Å². The molecule has 0 aromatic heterocycles. The van der Waals surface area contributed by atoms with Crippen LogP contribution in [0.25, 0.3) is 0 Å². The Hall–Kier alpha value is -2.48. The molecular formula is C21H26FN3O3. The minimum absolute atomic E-state index is 0.0181. The lowest BCUT2D eigenvalue weighted by molar-refractivity contribution is -0.134. The molecule has 1 heterocycles. The van der Waals surface area contributed by atoms with Crippen molar-refractivity contribution in [2.24, 2.45) is 0 Å². The standard InChI is InChI=1S/C21H26FN3O3/c1-28-20-6-3-2-5-16(20)14-25(11-4-12-26)21(27)19-13-18(23-24-19)15-7-9-17(22)10-8-15/h2-3,5-10,18-19,23-24,26H,4,11-14H2,1H3. The molecule has 1 saturated heterocycles. The highest BCUT2D eigenvalue weighted by Crippen LogP contribution is 2.25. The summed E-state index contributed by atoms with van der Waals surface area (Å²) in [5.41, 5.74) is 8.03. The SMILES string of the molecule is COc1ccccc1CN(CCCO)C(=O)C1CC(c2ccc(F)cc2)NN1. The number of ether oxygens (including phenoxy) is 1. The van der Waals surface area contributed by atoms with E-state index in [1.165, 1.54) is 12.1 Å². The van der Waals surface area contributed by atoms with E-state index in [4.69, 9.17) is 4.74 Å². The molecular weight excluding hydrogens is 361 g/mol. The first-order valence-corrected chi connectivity index (χ1v) is 9.40. The average molecular weight is 387 g/mol. The Labute approximate surface area is 164 Å². The highest BCUT2D eigenvalue weighted by molar-refractivity contribution is 5.82. The van der Waals surface area contributed by atoms with E-state index in [9.17, 15) is 14.3 Å². The summed E-state index contributed by atoms with van der Waals surface area (Å²) >= 11 is 0. The Morgan fingerprint density at radius 3 is 2.68 bits per heavy atom. The average Bonchev–Trinajstić information content (AvgIpc) is 3.21. The summed E-state index contributed by atoms with van der Waals surface area (Å²) in [6.45, 7) is 0.874. The maximum atomic E-state index is 13.1. The van der Waals surface area contributed by atoms with Crippen LogP contribution in [-0.4, -0.2) is 42.2 Å². The molecule has 7 heteroatoms. The molecule has 2 aromatic rings. The Morgan fingerprint density at radius 2 is 1.96 bits per heavy atom. The second-order valence-electron chi connectivity index (χ2n) is 6.83. The maximum Gasteiger partial charge on any atom is 0.241 e. The van der Waals surface area contributed by atoms with Crippen molar-refractivity contribution < 1.29 is 19.0 Å². The molecule has 3 N–H and O–H groups in total. The van der Waals surface area contributed by atoms with Gasteiger partial charge >= 0.3 is 0 Å². The number of rotatable bonds is 8. The molecule has 6 nitrogen and oxygen atoms in total. The summed E-state index contributed by atoms with van der Waals surface area (Å²) in [6, 6.07) is 13.4. The molecule has 2 aromatic carbocycles. The molecule has 1 aliphatic heterocycles. The first-order valence-electron chi connectivity index (χ1n) is 9.40. The Balaban J connectivity index is 1.70. The number of carbonyl (C=O) groups is 1. The van der Waals surface area contributed by atoms with Gasteiger partial charge in [0, 0.05) is 31.3 Å². The molecule has 0 bridgehead atoms. The van der Waals surface area contributed by atoms with Crippen molar-refractivity contribution in [3.63, 3.8) is 0 Å². The van der Waals surface area contributed by atoms with Crippen molar-refractivity contribution in [1.82, 2.24) is 15.8 Å². The van der Waals surface area contributed by atoms with Crippen LogP contribution in [0, 0.1) is 5.82 Å². The topological polar surface area (TPSA) is 73.8 Å². The highest BCUT2D eigenvalue weighted by Gasteiger charge is 2.33. The van der Waals surface area contributed by atoms with E-state index in [0.29, 0.717) is 25.9 Å². The Bertz CT molecular complexity index is 785. The van der Waals surface area contributed by atoms with Gasteiger partial charge in [0.25, 0.3) is 0 Å². The molecule has 3 rings (SSSR count). The smallest absolute Gasteiger partial charge is 0.241 e. The molecule has 2 atom stereocenters. The van der Waals surface area contributed by atoms with Crippen molar-refractivity contribution in [2.45, 2.75) is 31.5 Å². The van der Waals surface area contributed by atoms with Gasteiger partial charge in [0.05, 0.1) is 7.11 Å². The van der Waals surface area contributed by atoms with Crippen LogP contribution < -0.4 is 15.6 Å². The largest absolute Gasteiger partial charge is 0.496 e. The first kappa shape index (κ1) is 20.3. The number of amides is 1. The molecule has 0 radical (unpaired) electrons. The third-order valence-corrected chi connectivity index (χ3v) is 4.93. The molecule has 0 saturated carbocycles. The van der Waals surface area contributed by atoms with Crippen LogP contribution in [0.4, 0.5) is 4.39 Å². The second kappa shape index (κ2) is 9.64. The van der Waals surface area contributed by atoms with Crippen molar-refractivity contribution in [3.8, 4) is 5.75 Å². The third kappa shape index (κ3) is 4.86. The highest BCUT2D eigenvalue weighted by atomic mass is 19.1. The summed E-state index contributed by atoms with van der Waals surface area (Å²) in [5.74, 6) is 0.400. The monoisotopic (exact) mass is 387 g/mol. The quantitative estimate of drug-likeness (QED) is 0.647. The molecule has 0 spiro atoms. The van der Waals surface area contributed by atoms with E-state index in [-0.39, 0.29) is 24.4 Å². The van der Waals surface area contributed by atoms with E-state index < -0.39 is 6.04 Å². The molecule has 28 heavy (non-hydrogen) atoms. The summed E-state index contributed by atoms with van der Waals surface area (Å²) in [4.78, 5) is 14.9. The van der Waals surface area contributed by atoms with Gasteiger partial charge in [-0.05, 0) is 36.6 Å². The van der Waals surface area contributed by atoms with E-state index in [0.717, 1.165) is 16.9 Å². The fourth-order valence-corrected chi connectivity index (χ4v) is 3.42. The van der Waals surface area contributed by atoms with E-state index >= 15 is 0 Å². The second-order valence-corrected chi connectivity index (χ2v) is 6.83. The Morgan fingerprint density at radius 1 is 1.21 bits per heavy atom. The lowest BCUT2D eigenvalue weighted by Gasteiger charge is -2.26. The molecule has 1 amide bonds. The number of halogens is 1. The van der Waals surface area contributed by atoms with Crippen LogP contribution in [0.2, 0.25) is 0 Å². The van der Waals surface area contributed by atoms with Crippen LogP contribution in [0.15, 0.2) is 48.5 Å². The molecule has 2 unspecified atom stereocenters. The van der Waals surface area contributed by atoms with E-state index in [2.05, 4.69) is 10.9 Å². The fourth-order valence-electron chi connectivity index (χ4n) is 3.42. The van der Waals surface area contributed by atoms with Crippen LogP contribution in [0.3, 0.4) is 0 Å². The number of hydrogen-bond acceptors (Lipinski definition) is 5. The van der Waals surface area contributed by atoms with Crippen molar-refractivity contribution in [1.29, 1.82) is 0 Å². The number of nitrogens with one attached hydrogen (secondary N) is 2. The number of hydrogen-bond donors (Lipinski definition) is 3. The summed E-state index contributed by atoms with van der Waals surface area (Å²) in [6.07, 6.45) is 1.06. The fraction of sp³-hybridized carbons (Fsp3) is 0.381. The van der Waals surface area contributed by atoms with E-state index in [1.807, 2.05) is 24.3 Å². The number of methoxy groups -OCH3 is 1. The normalized spacial score (nSPS) is 18.8. The minimum atomic E-state index is -0.400. The van der Waals surface area contributed by atoms with Gasteiger partial charge in [-0.1, -0.05) is 30.3 Å². The van der Waals surface area contributed by atoms with Gasteiger partial charge in [-0.2, -0.15) is 0 Å². The number of hydrazine groups is 1. The van der Waals surface area contributed by atoms with Gasteiger partial charge < -0.3 is 14.7 Å². The predicted octanol–water partition coefficient (Wildman–Crippen LogP) is 2.15. The number of carbonyl (C=O) groups excluding carboxylic acids is 1. The number of benzene rings is 2. The molecule has 150 valence electrons. The molecule has 0 aliphatic carbocycles. The number of nitrogens with zero attached hydrogens (tertiary/aromatic N) is 1. The lowest BCUT2D eigenvalue weighted by atomic mass is 10.0. The van der Waals surface area contributed by atoms with Crippen molar-refractivity contribution in [3.05, 3.63) is 65.5 Å². The molecule has 1 fully saturated rings. The number of para-hydroxylation sites is 1. The van der Waals surface area contributed by atoms with Crippen LogP contribution in [-0.2, 0) is 11.3 Å². The lowest BCUT2D eigenvalue weighted by Crippen LogP contribution is -2.45. The first-order chi connectivity index (χ1) is 13.6. The summed E-state index contributed by atoms with van der Waals surface area (Å²) in [7, 11) is 1.61. The van der Waals surface area contributed by atoms with Crippen LogP contribution >= 0.6 is 0 Å². The molecule has 1 aliphatic rings.